The van der Waals surface area contributed by atoms with E-state index in [1.807, 2.05) is 0 Å². The molecule has 0 saturated heterocycles. The summed E-state index contributed by atoms with van der Waals surface area (Å²) in [6, 6.07) is -0.766. The van der Waals surface area contributed by atoms with Crippen LogP contribution in [0.15, 0.2) is 0 Å². The Kier molecular flexibility index (Phi) is 24.5. The standard InChI is InChI=1S/C17H4.C14H21F3N4O3.C9H13F3N4O.C9H4.CH4/c1-3-5-7-9-11-13-15-17-16-14-12-10-8-6-4-2;1-8-6-20(11(22)24-12(2,3)4)7-9-18-19-10(21(8)9)13(5,23)14(15,16)17;1-5-3-13-4-6-14-15-7(16(5)6)8(2,17)9(10,11)12;1-3-5-7-9-8-6-4-2;/h1H,2H3;8,23H,6-7H2,1-5H3;5,13,17H,3-4H2,1-2H3;1H,2H3;1H4/t;8-,13+;5-,8+;;/m.00../s1. The fourth-order valence-corrected chi connectivity index (χ4v) is 4.94. The van der Waals surface area contributed by atoms with E-state index in [0.29, 0.717) is 32.8 Å². The Labute approximate surface area is 394 Å². The molecule has 4 heterocycles. The van der Waals surface area contributed by atoms with Gasteiger partial charge in [0.25, 0.3) is 0 Å². The summed E-state index contributed by atoms with van der Waals surface area (Å²) in [6.07, 6.45) is -0.543. The Morgan fingerprint density at radius 3 is 1.32 bits per heavy atom. The first-order chi connectivity index (χ1) is 31.3. The molecule has 0 spiro atoms. The lowest BCUT2D eigenvalue weighted by molar-refractivity contribution is -0.263. The van der Waals surface area contributed by atoms with Crippen molar-refractivity contribution in [2.75, 3.05) is 13.1 Å². The van der Waals surface area contributed by atoms with Crippen LogP contribution in [0, 0.1) is 143 Å². The van der Waals surface area contributed by atoms with Gasteiger partial charge in [-0.1, -0.05) is 19.3 Å². The lowest BCUT2D eigenvalue weighted by Crippen LogP contribution is -2.46. The molecule has 18 heteroatoms. The molecule has 0 saturated carbocycles. The maximum absolute atomic E-state index is 13.1. The van der Waals surface area contributed by atoms with E-state index in [1.165, 1.54) is 14.0 Å². The van der Waals surface area contributed by atoms with Crippen LogP contribution in [0.5, 0.6) is 0 Å². The molecule has 0 aromatic carbocycles. The second kappa shape index (κ2) is 27.9. The third-order valence-electron chi connectivity index (χ3n) is 7.97. The monoisotopic (exact) mass is 936 g/mol. The molecule has 352 valence electrons. The Morgan fingerprint density at radius 2 is 0.971 bits per heavy atom. The summed E-state index contributed by atoms with van der Waals surface area (Å²) in [5, 5.41) is 36.9. The number of carbonyl (C=O) groups excluding carboxylic acids is 1. The van der Waals surface area contributed by atoms with Crippen molar-refractivity contribution in [2.24, 2.45) is 0 Å². The lowest BCUT2D eigenvalue weighted by atomic mass is 10.0. The summed E-state index contributed by atoms with van der Waals surface area (Å²) >= 11 is 0. The first kappa shape index (κ1) is 59.7. The van der Waals surface area contributed by atoms with E-state index in [2.05, 4.69) is 156 Å². The maximum atomic E-state index is 13.1. The van der Waals surface area contributed by atoms with Crippen LogP contribution in [0.1, 0.15) is 105 Å². The molecule has 3 N–H and O–H groups in total. The van der Waals surface area contributed by atoms with Gasteiger partial charge in [0.1, 0.15) is 11.4 Å². The average Bonchev–Trinajstić information content (AvgIpc) is 3.89. The average molecular weight is 937 g/mol. The summed E-state index contributed by atoms with van der Waals surface area (Å²) in [5.41, 5.74) is -6.79. The van der Waals surface area contributed by atoms with Crippen molar-refractivity contribution in [2.45, 2.75) is 124 Å². The Bertz CT molecular complexity index is 2860. The number of terminal acetylenes is 2. The quantitative estimate of drug-likeness (QED) is 0.280. The molecule has 2 aliphatic heterocycles. The smallest absolute Gasteiger partial charge is 0.424 e. The third kappa shape index (κ3) is 19.1. The van der Waals surface area contributed by atoms with Gasteiger partial charge in [0.05, 0.1) is 19.1 Å². The van der Waals surface area contributed by atoms with Crippen LogP contribution in [0.25, 0.3) is 0 Å². The molecule has 0 fully saturated rings. The van der Waals surface area contributed by atoms with Crippen LogP contribution in [-0.2, 0) is 29.0 Å². The zero-order valence-electron chi connectivity index (χ0n) is 37.7. The summed E-state index contributed by atoms with van der Waals surface area (Å²) in [7, 11) is 0. The first-order valence-corrected chi connectivity index (χ1v) is 19.2. The van der Waals surface area contributed by atoms with Gasteiger partial charge >= 0.3 is 18.4 Å². The number of alkyl halides is 6. The number of amides is 1. The van der Waals surface area contributed by atoms with E-state index in [4.69, 9.17) is 17.6 Å². The van der Waals surface area contributed by atoms with E-state index in [0.717, 1.165) is 0 Å². The summed E-state index contributed by atoms with van der Waals surface area (Å²) in [4.78, 5) is 13.5. The van der Waals surface area contributed by atoms with Crippen molar-refractivity contribution in [3.63, 3.8) is 0 Å². The molecule has 2 aliphatic rings. The molecule has 68 heavy (non-hydrogen) atoms. The minimum absolute atomic E-state index is 0. The molecule has 12 nitrogen and oxygen atoms in total. The van der Waals surface area contributed by atoms with Crippen molar-refractivity contribution >= 4 is 6.09 Å². The predicted octanol–water partition coefficient (Wildman–Crippen LogP) is 5.02. The van der Waals surface area contributed by atoms with Gasteiger partial charge in [-0.3, -0.25) is 4.90 Å². The van der Waals surface area contributed by atoms with Crippen LogP contribution in [0.4, 0.5) is 31.1 Å². The second-order valence-corrected chi connectivity index (χ2v) is 14.5. The second-order valence-electron chi connectivity index (χ2n) is 14.5. The Hall–Kier alpha value is -8.27. The van der Waals surface area contributed by atoms with Gasteiger partial charge in [-0.2, -0.15) is 26.3 Å². The molecule has 4 rings (SSSR count). The fraction of sp³-hybridized carbons (Fsp3) is 0.420. The van der Waals surface area contributed by atoms with Crippen LogP contribution in [-0.4, -0.2) is 81.8 Å². The van der Waals surface area contributed by atoms with Crippen LogP contribution in [0.2, 0.25) is 0 Å². The van der Waals surface area contributed by atoms with E-state index in [1.54, 1.807) is 48.5 Å². The zero-order valence-corrected chi connectivity index (χ0v) is 37.7. The number of halogens is 6. The van der Waals surface area contributed by atoms with Crippen molar-refractivity contribution in [1.82, 2.24) is 39.7 Å². The number of aromatic nitrogens is 6. The van der Waals surface area contributed by atoms with Gasteiger partial charge in [0.15, 0.2) is 17.5 Å². The highest BCUT2D eigenvalue weighted by Crippen LogP contribution is 2.40. The van der Waals surface area contributed by atoms with E-state index < -0.39 is 52.9 Å². The van der Waals surface area contributed by atoms with Gasteiger partial charge in [-0.15, -0.1) is 33.2 Å². The fourth-order valence-electron chi connectivity index (χ4n) is 4.94. The SMILES string of the molecule is C.C#CC#CC#CC#CC.C#CC#CC#CC#CC#CC#CC#CC#CC.C[C@H]1CN(C(=O)OC(C)(C)C)Cc2nnc([C@@](C)(O)C(F)(F)F)n21.C[C@H]1CNCc2nnc([C@@](C)(O)C(F)(F)F)n21. The molecule has 2 aromatic heterocycles. The van der Waals surface area contributed by atoms with E-state index in [-0.39, 0.29) is 32.4 Å². The number of carbonyl (C=O) groups is 1. The number of nitrogens with zero attached hydrogens (tertiary/aromatic N) is 7. The van der Waals surface area contributed by atoms with E-state index in [9.17, 15) is 41.4 Å². The van der Waals surface area contributed by atoms with Gasteiger partial charge in [-0.25, -0.2) is 4.79 Å². The Balaban J connectivity index is 0.000000918. The molecule has 0 bridgehead atoms. The van der Waals surface area contributed by atoms with Gasteiger partial charge in [0.2, 0.25) is 11.2 Å². The zero-order chi connectivity index (χ0) is 50.9. The lowest BCUT2D eigenvalue weighted by Gasteiger charge is -2.35. The number of fused-ring (bicyclic) bond motifs is 2. The highest BCUT2D eigenvalue weighted by Gasteiger charge is 2.56. The summed E-state index contributed by atoms with van der Waals surface area (Å²) in [5.74, 6) is 53.4. The number of ether oxygens (including phenoxy) is 1. The topological polar surface area (TPSA) is 143 Å². The first-order valence-electron chi connectivity index (χ1n) is 19.2. The number of nitrogens with one attached hydrogen (secondary N) is 1. The van der Waals surface area contributed by atoms with Crippen LogP contribution >= 0.6 is 0 Å². The number of rotatable bonds is 2. The largest absolute Gasteiger partial charge is 0.444 e. The normalized spacial score (nSPS) is 15.0. The maximum Gasteiger partial charge on any atom is 0.424 e. The van der Waals surface area contributed by atoms with Gasteiger partial charge in [-0.05, 0) is 181 Å². The van der Waals surface area contributed by atoms with Crippen LogP contribution in [0.3, 0.4) is 0 Å². The summed E-state index contributed by atoms with van der Waals surface area (Å²) in [6.45, 7) is 14.2. The minimum Gasteiger partial charge on any atom is -0.444 e. The number of hydrogen-bond acceptors (Lipinski definition) is 9. The molecule has 2 aromatic rings. The number of hydrogen-bond donors (Lipinski definition) is 3. The van der Waals surface area contributed by atoms with Gasteiger partial charge < -0.3 is 29.4 Å². The predicted molar refractivity (Wildman–Crippen MR) is 243 cm³/mol. The van der Waals surface area contributed by atoms with Crippen molar-refractivity contribution in [3.8, 4) is 143 Å². The summed E-state index contributed by atoms with van der Waals surface area (Å²) < 4.78 is 85.3. The highest BCUT2D eigenvalue weighted by molar-refractivity contribution is 5.68. The van der Waals surface area contributed by atoms with Crippen molar-refractivity contribution in [3.05, 3.63) is 23.3 Å². The third-order valence-corrected chi connectivity index (χ3v) is 7.97. The number of aliphatic hydroxyl groups is 2. The highest BCUT2D eigenvalue weighted by atomic mass is 19.4. The molecule has 4 atom stereocenters. The Morgan fingerprint density at radius 1 is 0.618 bits per heavy atom. The molecular formula is C50H46F6N8O4. The molecule has 0 aliphatic carbocycles. The molecule has 1 amide bonds. The molecule has 0 radical (unpaired) electrons. The van der Waals surface area contributed by atoms with Crippen molar-refractivity contribution in [1.29, 1.82) is 0 Å². The van der Waals surface area contributed by atoms with Gasteiger partial charge in [0, 0.05) is 19.1 Å². The van der Waals surface area contributed by atoms with Crippen molar-refractivity contribution < 1.29 is 46.1 Å². The molecular weight excluding hydrogens is 891 g/mol. The minimum atomic E-state index is -4.89. The van der Waals surface area contributed by atoms with Crippen LogP contribution < -0.4 is 5.32 Å². The molecule has 0 unspecified atom stereocenters. The van der Waals surface area contributed by atoms with E-state index >= 15 is 0 Å².